The number of rotatable bonds is 3. The van der Waals surface area contributed by atoms with Gasteiger partial charge in [0.2, 0.25) is 10.8 Å². The van der Waals surface area contributed by atoms with Crippen LogP contribution in [-0.2, 0) is 0 Å². The normalized spacial score (nSPS) is 17.8. The van der Waals surface area contributed by atoms with Gasteiger partial charge in [0.25, 0.3) is 0 Å². The average molecular weight is 304 g/mol. The molecular formula is C14H16N4O2S. The van der Waals surface area contributed by atoms with Gasteiger partial charge >= 0.3 is 0 Å². The standard InChI is InChI=1S/C14H16N4O2S/c1-9-15-14-18(16-9)13(19)12(21-14)11(10-5-4-8-20-10)17-6-2-3-7-17/h4-5,8,11,19H,2-3,6-7H2,1H3. The zero-order valence-electron chi connectivity index (χ0n) is 11.7. The van der Waals surface area contributed by atoms with E-state index in [0.717, 1.165) is 28.7 Å². The van der Waals surface area contributed by atoms with Crippen molar-refractivity contribution in [2.45, 2.75) is 25.8 Å². The van der Waals surface area contributed by atoms with Crippen LogP contribution in [0.3, 0.4) is 0 Å². The van der Waals surface area contributed by atoms with E-state index in [0.29, 0.717) is 5.82 Å². The second kappa shape index (κ2) is 4.85. The number of likely N-dealkylation sites (tertiary alicyclic amines) is 1. The van der Waals surface area contributed by atoms with Gasteiger partial charge in [-0.3, -0.25) is 4.90 Å². The summed E-state index contributed by atoms with van der Waals surface area (Å²) in [5.74, 6) is 1.69. The van der Waals surface area contributed by atoms with Gasteiger partial charge in [-0.2, -0.15) is 4.52 Å². The maximum atomic E-state index is 10.5. The van der Waals surface area contributed by atoms with Crippen LogP contribution in [0, 0.1) is 6.92 Å². The van der Waals surface area contributed by atoms with Crippen LogP contribution in [0.15, 0.2) is 22.8 Å². The number of aromatic nitrogens is 3. The molecule has 110 valence electrons. The van der Waals surface area contributed by atoms with Crippen LogP contribution >= 0.6 is 11.3 Å². The summed E-state index contributed by atoms with van der Waals surface area (Å²) in [4.78, 5) is 8.26. The van der Waals surface area contributed by atoms with E-state index < -0.39 is 0 Å². The van der Waals surface area contributed by atoms with Crippen molar-refractivity contribution in [1.29, 1.82) is 0 Å². The van der Waals surface area contributed by atoms with Crippen molar-refractivity contribution in [3.05, 3.63) is 34.9 Å². The molecular weight excluding hydrogens is 288 g/mol. The molecule has 21 heavy (non-hydrogen) atoms. The molecule has 0 aromatic carbocycles. The quantitative estimate of drug-likeness (QED) is 0.805. The Morgan fingerprint density at radius 2 is 2.19 bits per heavy atom. The van der Waals surface area contributed by atoms with Gasteiger partial charge in [-0.25, -0.2) is 4.98 Å². The lowest BCUT2D eigenvalue weighted by atomic mass is 10.1. The summed E-state index contributed by atoms with van der Waals surface area (Å²) in [6, 6.07) is 3.79. The molecule has 1 saturated heterocycles. The highest BCUT2D eigenvalue weighted by molar-refractivity contribution is 7.17. The molecule has 0 bridgehead atoms. The van der Waals surface area contributed by atoms with Crippen LogP contribution in [0.4, 0.5) is 0 Å². The fourth-order valence-corrected chi connectivity index (χ4v) is 4.09. The van der Waals surface area contributed by atoms with E-state index in [2.05, 4.69) is 15.0 Å². The predicted octanol–water partition coefficient (Wildman–Crippen LogP) is 2.58. The van der Waals surface area contributed by atoms with E-state index in [1.54, 1.807) is 6.26 Å². The van der Waals surface area contributed by atoms with E-state index in [9.17, 15) is 5.11 Å². The topological polar surface area (TPSA) is 66.8 Å². The molecule has 0 amide bonds. The molecule has 0 saturated carbocycles. The predicted molar refractivity (Wildman–Crippen MR) is 78.6 cm³/mol. The summed E-state index contributed by atoms with van der Waals surface area (Å²) in [7, 11) is 0. The van der Waals surface area contributed by atoms with Crippen LogP contribution in [-0.4, -0.2) is 37.7 Å². The van der Waals surface area contributed by atoms with Crippen molar-refractivity contribution in [3.63, 3.8) is 0 Å². The summed E-state index contributed by atoms with van der Waals surface area (Å²) in [5, 5.41) is 14.8. The molecule has 1 aliphatic rings. The highest BCUT2D eigenvalue weighted by Crippen LogP contribution is 2.41. The summed E-state index contributed by atoms with van der Waals surface area (Å²) in [6.45, 7) is 3.85. The molecule has 1 fully saturated rings. The molecule has 4 heterocycles. The van der Waals surface area contributed by atoms with Gasteiger partial charge < -0.3 is 9.52 Å². The fourth-order valence-electron chi connectivity index (χ4n) is 2.95. The summed E-state index contributed by atoms with van der Waals surface area (Å²) >= 11 is 1.48. The Kier molecular flexibility index (Phi) is 2.97. The molecule has 1 N–H and O–H groups in total. The number of furan rings is 1. The molecule has 3 aromatic rings. The van der Waals surface area contributed by atoms with Crippen LogP contribution in [0.2, 0.25) is 0 Å². The zero-order valence-corrected chi connectivity index (χ0v) is 12.5. The minimum absolute atomic E-state index is 0.0590. The number of aryl methyl sites for hydroxylation is 1. The number of hydrogen-bond donors (Lipinski definition) is 1. The monoisotopic (exact) mass is 304 g/mol. The highest BCUT2D eigenvalue weighted by atomic mass is 32.1. The minimum Gasteiger partial charge on any atom is -0.492 e. The van der Waals surface area contributed by atoms with Crippen LogP contribution in [0.1, 0.15) is 35.3 Å². The molecule has 0 radical (unpaired) electrons. The number of hydrogen-bond acceptors (Lipinski definition) is 6. The van der Waals surface area contributed by atoms with Gasteiger partial charge in [-0.1, -0.05) is 11.3 Å². The third-order valence-electron chi connectivity index (χ3n) is 3.87. The smallest absolute Gasteiger partial charge is 0.230 e. The molecule has 1 unspecified atom stereocenters. The SMILES string of the molecule is Cc1nc2sc(C(c3ccco3)N3CCCC3)c(O)n2n1. The van der Waals surface area contributed by atoms with E-state index >= 15 is 0 Å². The Hall–Kier alpha value is -1.86. The molecule has 3 aromatic heterocycles. The molecule has 4 rings (SSSR count). The summed E-state index contributed by atoms with van der Waals surface area (Å²) < 4.78 is 7.13. The number of fused-ring (bicyclic) bond motifs is 1. The first-order valence-electron chi connectivity index (χ1n) is 7.06. The number of aromatic hydroxyl groups is 1. The Labute approximate surface area is 125 Å². The maximum Gasteiger partial charge on any atom is 0.230 e. The third kappa shape index (κ3) is 2.04. The van der Waals surface area contributed by atoms with Crippen molar-refractivity contribution in [2.24, 2.45) is 0 Å². The van der Waals surface area contributed by atoms with Crippen molar-refractivity contribution >= 4 is 16.3 Å². The fraction of sp³-hybridized carbons (Fsp3) is 0.429. The second-order valence-corrected chi connectivity index (χ2v) is 6.31. The summed E-state index contributed by atoms with van der Waals surface area (Å²) in [6.07, 6.45) is 4.03. The number of nitrogens with zero attached hydrogens (tertiary/aromatic N) is 4. The first-order valence-corrected chi connectivity index (χ1v) is 7.88. The Bertz CT molecular complexity index is 755. The highest BCUT2D eigenvalue weighted by Gasteiger charge is 2.32. The number of thiazole rings is 1. The molecule has 6 nitrogen and oxygen atoms in total. The zero-order chi connectivity index (χ0) is 14.4. The lowest BCUT2D eigenvalue weighted by Gasteiger charge is -2.24. The molecule has 1 aliphatic heterocycles. The van der Waals surface area contributed by atoms with Gasteiger partial charge in [0, 0.05) is 0 Å². The van der Waals surface area contributed by atoms with E-state index in [-0.39, 0.29) is 11.9 Å². The first kappa shape index (κ1) is 12.8. The van der Waals surface area contributed by atoms with Crippen molar-refractivity contribution < 1.29 is 9.52 Å². The first-order chi connectivity index (χ1) is 10.2. The maximum absolute atomic E-state index is 10.5. The Morgan fingerprint density at radius 1 is 1.38 bits per heavy atom. The molecule has 1 atom stereocenters. The minimum atomic E-state index is -0.0590. The van der Waals surface area contributed by atoms with E-state index in [4.69, 9.17) is 4.42 Å². The van der Waals surface area contributed by atoms with Crippen molar-refractivity contribution in [2.75, 3.05) is 13.1 Å². The van der Waals surface area contributed by atoms with Crippen molar-refractivity contribution in [3.8, 4) is 5.88 Å². The molecule has 0 spiro atoms. The Morgan fingerprint density at radius 3 is 2.86 bits per heavy atom. The van der Waals surface area contributed by atoms with Crippen LogP contribution in [0.5, 0.6) is 5.88 Å². The van der Waals surface area contributed by atoms with Crippen LogP contribution in [0.25, 0.3) is 4.96 Å². The third-order valence-corrected chi connectivity index (χ3v) is 4.94. The van der Waals surface area contributed by atoms with Crippen molar-refractivity contribution in [1.82, 2.24) is 19.5 Å². The van der Waals surface area contributed by atoms with Gasteiger partial charge in [-0.15, -0.1) is 5.10 Å². The Balaban J connectivity index is 1.84. The average Bonchev–Trinajstić information content (AvgIpc) is 3.20. The summed E-state index contributed by atoms with van der Waals surface area (Å²) in [5.41, 5.74) is 0. The van der Waals surface area contributed by atoms with Crippen LogP contribution < -0.4 is 0 Å². The van der Waals surface area contributed by atoms with E-state index in [1.165, 1.54) is 28.7 Å². The van der Waals surface area contributed by atoms with Gasteiger partial charge in [-0.05, 0) is 45.0 Å². The molecule has 0 aliphatic carbocycles. The lowest BCUT2D eigenvalue weighted by Crippen LogP contribution is -2.25. The van der Waals surface area contributed by atoms with Gasteiger partial charge in [0.05, 0.1) is 11.1 Å². The molecule has 7 heteroatoms. The van der Waals surface area contributed by atoms with Gasteiger partial charge in [0.1, 0.15) is 17.6 Å². The second-order valence-electron chi connectivity index (χ2n) is 5.30. The largest absolute Gasteiger partial charge is 0.492 e. The van der Waals surface area contributed by atoms with E-state index in [1.807, 2.05) is 19.1 Å². The van der Waals surface area contributed by atoms with Gasteiger partial charge in [0.15, 0.2) is 0 Å². The lowest BCUT2D eigenvalue weighted by molar-refractivity contribution is 0.246.